The van der Waals surface area contributed by atoms with E-state index in [2.05, 4.69) is 10.4 Å². The smallest absolute Gasteiger partial charge is 0.346 e. The van der Waals surface area contributed by atoms with Gasteiger partial charge in [0.1, 0.15) is 0 Å². The number of halogens is 2. The van der Waals surface area contributed by atoms with Crippen molar-refractivity contribution in [1.29, 1.82) is 0 Å². The van der Waals surface area contributed by atoms with E-state index < -0.39 is 17.5 Å². The second kappa shape index (κ2) is 7.38. The number of rotatable bonds is 6. The Morgan fingerprint density at radius 3 is 2.54 bits per heavy atom. The van der Waals surface area contributed by atoms with Gasteiger partial charge in [-0.3, -0.25) is 9.36 Å². The van der Waals surface area contributed by atoms with Gasteiger partial charge in [-0.2, -0.15) is 0 Å². The molecule has 0 bridgehead atoms. The first-order valence-corrected chi connectivity index (χ1v) is 9.02. The van der Waals surface area contributed by atoms with Crippen molar-refractivity contribution >= 4 is 5.91 Å². The molecule has 0 saturated heterocycles. The molecule has 0 radical (unpaired) electrons. The highest BCUT2D eigenvalue weighted by Gasteiger charge is 2.30. The normalized spacial score (nSPS) is 13.5. The summed E-state index contributed by atoms with van der Waals surface area (Å²) in [6.07, 6.45) is 1.89. The Bertz CT molecular complexity index is 1070. The van der Waals surface area contributed by atoms with Gasteiger partial charge in [-0.1, -0.05) is 30.3 Å². The van der Waals surface area contributed by atoms with E-state index in [1.165, 1.54) is 10.7 Å². The number of nitrogens with one attached hydrogen (secondary N) is 1. The van der Waals surface area contributed by atoms with E-state index in [1.54, 1.807) is 4.57 Å². The van der Waals surface area contributed by atoms with Crippen LogP contribution < -0.4 is 11.0 Å². The number of amides is 1. The SMILES string of the molecule is O=C(NCCn1nc(-c2ccccc2)n(C2CC2)c1=O)c1ccc(F)c(F)c1. The highest BCUT2D eigenvalue weighted by atomic mass is 19.2. The molecular formula is C20H18F2N4O2. The highest BCUT2D eigenvalue weighted by Crippen LogP contribution is 2.36. The second-order valence-electron chi connectivity index (χ2n) is 6.68. The van der Waals surface area contributed by atoms with Crippen LogP contribution in [0.4, 0.5) is 8.78 Å². The predicted octanol–water partition coefficient (Wildman–Crippen LogP) is 2.75. The zero-order valence-electron chi connectivity index (χ0n) is 14.9. The number of nitrogens with zero attached hydrogens (tertiary/aromatic N) is 3. The van der Waals surface area contributed by atoms with Crippen LogP contribution in [0.3, 0.4) is 0 Å². The Hall–Kier alpha value is -3.29. The number of hydrogen-bond donors (Lipinski definition) is 1. The summed E-state index contributed by atoms with van der Waals surface area (Å²) in [5, 5.41) is 7.04. The first-order chi connectivity index (χ1) is 13.5. The Kier molecular flexibility index (Phi) is 4.77. The molecule has 1 saturated carbocycles. The third-order valence-corrected chi connectivity index (χ3v) is 4.61. The molecule has 0 spiro atoms. The topological polar surface area (TPSA) is 68.9 Å². The highest BCUT2D eigenvalue weighted by molar-refractivity contribution is 5.94. The maximum Gasteiger partial charge on any atom is 0.346 e. The minimum absolute atomic E-state index is 0.0136. The third-order valence-electron chi connectivity index (χ3n) is 4.61. The van der Waals surface area contributed by atoms with Gasteiger partial charge in [0.15, 0.2) is 17.5 Å². The summed E-state index contributed by atoms with van der Waals surface area (Å²) in [6.45, 7) is 0.307. The van der Waals surface area contributed by atoms with Gasteiger partial charge < -0.3 is 5.32 Å². The van der Waals surface area contributed by atoms with Crippen molar-refractivity contribution in [2.45, 2.75) is 25.4 Å². The second-order valence-corrected chi connectivity index (χ2v) is 6.68. The summed E-state index contributed by atoms with van der Waals surface area (Å²) in [5.41, 5.74) is 0.652. The summed E-state index contributed by atoms with van der Waals surface area (Å²) in [6, 6.07) is 12.6. The molecule has 1 fully saturated rings. The zero-order valence-corrected chi connectivity index (χ0v) is 14.9. The van der Waals surface area contributed by atoms with Gasteiger partial charge in [0.2, 0.25) is 0 Å². The lowest BCUT2D eigenvalue weighted by molar-refractivity contribution is 0.0951. The van der Waals surface area contributed by atoms with E-state index in [-0.39, 0.29) is 30.4 Å². The van der Waals surface area contributed by atoms with Crippen LogP contribution in [0.15, 0.2) is 53.3 Å². The van der Waals surface area contributed by atoms with Crippen LogP contribution in [-0.4, -0.2) is 26.8 Å². The summed E-state index contributed by atoms with van der Waals surface area (Å²) >= 11 is 0. The molecule has 1 heterocycles. The molecule has 1 amide bonds. The summed E-state index contributed by atoms with van der Waals surface area (Å²) < 4.78 is 29.3. The van der Waals surface area contributed by atoms with Gasteiger partial charge in [-0.05, 0) is 31.0 Å². The molecule has 1 N–H and O–H groups in total. The molecule has 28 heavy (non-hydrogen) atoms. The van der Waals surface area contributed by atoms with Crippen LogP contribution in [0.1, 0.15) is 29.2 Å². The van der Waals surface area contributed by atoms with Gasteiger partial charge in [-0.15, -0.1) is 5.10 Å². The quantitative estimate of drug-likeness (QED) is 0.711. The van der Waals surface area contributed by atoms with E-state index in [1.807, 2.05) is 30.3 Å². The van der Waals surface area contributed by atoms with Gasteiger partial charge in [-0.25, -0.2) is 18.3 Å². The van der Waals surface area contributed by atoms with Crippen molar-refractivity contribution in [3.63, 3.8) is 0 Å². The minimum Gasteiger partial charge on any atom is -0.350 e. The fourth-order valence-corrected chi connectivity index (χ4v) is 3.03. The average Bonchev–Trinajstić information content (AvgIpc) is 3.48. The molecule has 4 rings (SSSR count). The fraction of sp³-hybridized carbons (Fsp3) is 0.250. The minimum atomic E-state index is -1.08. The van der Waals surface area contributed by atoms with Crippen molar-refractivity contribution in [3.05, 3.63) is 76.2 Å². The van der Waals surface area contributed by atoms with E-state index in [9.17, 15) is 18.4 Å². The molecular weight excluding hydrogens is 366 g/mol. The van der Waals surface area contributed by atoms with Crippen molar-refractivity contribution in [3.8, 4) is 11.4 Å². The molecule has 1 aliphatic rings. The Morgan fingerprint density at radius 1 is 1.11 bits per heavy atom. The van der Waals surface area contributed by atoms with Gasteiger partial charge >= 0.3 is 5.69 Å². The first-order valence-electron chi connectivity index (χ1n) is 9.02. The van der Waals surface area contributed by atoms with Gasteiger partial charge in [0.25, 0.3) is 5.91 Å². The van der Waals surface area contributed by atoms with E-state index in [0.717, 1.165) is 30.5 Å². The van der Waals surface area contributed by atoms with Crippen molar-refractivity contribution < 1.29 is 13.6 Å². The monoisotopic (exact) mass is 384 g/mol. The van der Waals surface area contributed by atoms with Crippen molar-refractivity contribution in [2.75, 3.05) is 6.54 Å². The first kappa shape index (κ1) is 18.1. The molecule has 144 valence electrons. The molecule has 0 aliphatic heterocycles. The third kappa shape index (κ3) is 3.58. The summed E-state index contributed by atoms with van der Waals surface area (Å²) in [5.74, 6) is -2.03. The lowest BCUT2D eigenvalue weighted by Gasteiger charge is -2.05. The number of aromatic nitrogens is 3. The molecule has 6 nitrogen and oxygen atoms in total. The van der Waals surface area contributed by atoms with Gasteiger partial charge in [0, 0.05) is 23.7 Å². The predicted molar refractivity (Wildman–Crippen MR) is 98.9 cm³/mol. The van der Waals surface area contributed by atoms with E-state index >= 15 is 0 Å². The molecule has 1 aromatic heterocycles. The Morgan fingerprint density at radius 2 is 1.86 bits per heavy atom. The fourth-order valence-electron chi connectivity index (χ4n) is 3.03. The number of carbonyl (C=O) groups excluding carboxylic acids is 1. The average molecular weight is 384 g/mol. The lowest BCUT2D eigenvalue weighted by Crippen LogP contribution is -2.32. The van der Waals surface area contributed by atoms with E-state index in [0.29, 0.717) is 5.82 Å². The Balaban J connectivity index is 1.49. The Labute approximate surface area is 159 Å². The maximum atomic E-state index is 13.3. The summed E-state index contributed by atoms with van der Waals surface area (Å²) in [7, 11) is 0. The number of benzene rings is 2. The van der Waals surface area contributed by atoms with Crippen molar-refractivity contribution in [1.82, 2.24) is 19.7 Å². The standard InChI is InChI=1S/C20H18F2N4O2/c21-16-9-6-14(12-17(16)22)19(27)23-10-11-25-20(28)26(15-7-8-15)18(24-25)13-4-2-1-3-5-13/h1-6,9,12,15H,7-8,10-11H2,(H,23,27). The van der Waals surface area contributed by atoms with Crippen molar-refractivity contribution in [2.24, 2.45) is 0 Å². The number of hydrogen-bond acceptors (Lipinski definition) is 3. The van der Waals surface area contributed by atoms with Crippen LogP contribution in [-0.2, 0) is 6.54 Å². The number of carbonyl (C=O) groups is 1. The summed E-state index contributed by atoms with van der Waals surface area (Å²) in [4.78, 5) is 24.8. The maximum absolute atomic E-state index is 13.3. The lowest BCUT2D eigenvalue weighted by atomic mass is 10.2. The van der Waals surface area contributed by atoms with Crippen LogP contribution in [0, 0.1) is 11.6 Å². The molecule has 8 heteroatoms. The van der Waals surface area contributed by atoms with Crippen LogP contribution in [0.25, 0.3) is 11.4 Å². The molecule has 0 atom stereocenters. The van der Waals surface area contributed by atoms with Gasteiger partial charge in [0.05, 0.1) is 6.54 Å². The van der Waals surface area contributed by atoms with Crippen LogP contribution in [0.2, 0.25) is 0 Å². The largest absolute Gasteiger partial charge is 0.350 e. The van der Waals surface area contributed by atoms with Crippen LogP contribution >= 0.6 is 0 Å². The van der Waals surface area contributed by atoms with Crippen LogP contribution in [0.5, 0.6) is 0 Å². The van der Waals surface area contributed by atoms with E-state index in [4.69, 9.17) is 0 Å². The molecule has 0 unspecified atom stereocenters. The zero-order chi connectivity index (χ0) is 19.7. The molecule has 1 aliphatic carbocycles. The molecule has 3 aromatic rings. The molecule has 2 aromatic carbocycles.